The second kappa shape index (κ2) is 5.67. The molecular weight excluding hydrogens is 260 g/mol. The molecule has 0 unspecified atom stereocenters. The smallest absolute Gasteiger partial charge is 0.248 e. The summed E-state index contributed by atoms with van der Waals surface area (Å²) in [5.74, 6) is -0.0790. The maximum absolute atomic E-state index is 12.3. The topological polar surface area (TPSA) is 53.2 Å². The van der Waals surface area contributed by atoms with Crippen LogP contribution in [0, 0.1) is 0 Å². The number of nitrogens with one attached hydrogen (secondary N) is 1. The maximum atomic E-state index is 12.3. The van der Waals surface area contributed by atoms with Gasteiger partial charge in [0.25, 0.3) is 0 Å². The number of carbonyl (C=O) groups excluding carboxylic acids is 1. The number of nitrogens with zero attached hydrogens (tertiary/aromatic N) is 1. The summed E-state index contributed by atoms with van der Waals surface area (Å²) in [6.45, 7) is 0. The second-order valence-corrected chi connectivity index (χ2v) is 5.18. The molecule has 2 rings (SSSR count). The molecule has 2 aromatic rings. The van der Waals surface area contributed by atoms with Gasteiger partial charge in [-0.05, 0) is 23.6 Å². The lowest BCUT2D eigenvalue weighted by Crippen LogP contribution is -2.12. The summed E-state index contributed by atoms with van der Waals surface area (Å²) in [5, 5.41) is 1.86. The lowest BCUT2D eigenvalue weighted by atomic mass is 10.1. The first-order chi connectivity index (χ1) is 9.08. The van der Waals surface area contributed by atoms with Crippen molar-refractivity contribution in [3.05, 3.63) is 62.3 Å². The van der Waals surface area contributed by atoms with Crippen molar-refractivity contribution < 1.29 is 4.79 Å². The van der Waals surface area contributed by atoms with Gasteiger partial charge in [0, 0.05) is 31.9 Å². The SMILES string of the molecule is CN(C)C=Cc1[nH]c(=O)ccc1C(=O)c1cccs1. The average Bonchev–Trinajstić information content (AvgIpc) is 2.89. The molecule has 2 aromatic heterocycles. The third kappa shape index (κ3) is 3.20. The first kappa shape index (κ1) is 13.3. The Kier molecular flexibility index (Phi) is 3.97. The molecule has 0 aliphatic carbocycles. The zero-order chi connectivity index (χ0) is 13.8. The Morgan fingerprint density at radius 1 is 1.32 bits per heavy atom. The highest BCUT2D eigenvalue weighted by molar-refractivity contribution is 7.12. The highest BCUT2D eigenvalue weighted by Crippen LogP contribution is 2.17. The van der Waals surface area contributed by atoms with Crippen LogP contribution < -0.4 is 5.56 Å². The van der Waals surface area contributed by atoms with Crippen molar-refractivity contribution in [2.75, 3.05) is 14.1 Å². The van der Waals surface area contributed by atoms with Crippen LogP contribution in [0.4, 0.5) is 0 Å². The number of H-pyrrole nitrogens is 1. The van der Waals surface area contributed by atoms with Gasteiger partial charge in [0.1, 0.15) is 0 Å². The quantitative estimate of drug-likeness (QED) is 0.870. The fourth-order valence-corrected chi connectivity index (χ4v) is 2.26. The van der Waals surface area contributed by atoms with Crippen LogP contribution in [0.3, 0.4) is 0 Å². The Bertz CT molecular complexity index is 654. The minimum absolute atomic E-state index is 0.0790. The van der Waals surface area contributed by atoms with E-state index in [1.807, 2.05) is 30.4 Å². The highest BCUT2D eigenvalue weighted by Gasteiger charge is 2.13. The van der Waals surface area contributed by atoms with Crippen molar-refractivity contribution in [1.29, 1.82) is 0 Å². The van der Waals surface area contributed by atoms with Crippen LogP contribution in [0.15, 0.2) is 40.6 Å². The molecule has 0 aliphatic rings. The van der Waals surface area contributed by atoms with E-state index in [1.54, 1.807) is 24.4 Å². The summed E-state index contributed by atoms with van der Waals surface area (Å²) in [6, 6.07) is 6.54. The van der Waals surface area contributed by atoms with E-state index in [0.29, 0.717) is 16.1 Å². The van der Waals surface area contributed by atoms with Crippen molar-refractivity contribution in [3.63, 3.8) is 0 Å². The highest BCUT2D eigenvalue weighted by atomic mass is 32.1. The fourth-order valence-electron chi connectivity index (χ4n) is 1.58. The van der Waals surface area contributed by atoms with Crippen LogP contribution in [0.25, 0.3) is 6.08 Å². The number of thiophene rings is 1. The average molecular weight is 274 g/mol. The third-order valence-electron chi connectivity index (χ3n) is 2.48. The molecule has 2 heterocycles. The van der Waals surface area contributed by atoms with Crippen LogP contribution in [-0.2, 0) is 0 Å². The summed E-state index contributed by atoms with van der Waals surface area (Å²) in [5.41, 5.74) is 0.806. The number of ketones is 1. The van der Waals surface area contributed by atoms with Gasteiger partial charge in [-0.1, -0.05) is 6.07 Å². The Hall–Kier alpha value is -2.14. The normalized spacial score (nSPS) is 10.8. The molecule has 0 amide bonds. The third-order valence-corrected chi connectivity index (χ3v) is 3.35. The van der Waals surface area contributed by atoms with Gasteiger partial charge in [-0.15, -0.1) is 11.3 Å². The number of hydrogen-bond donors (Lipinski definition) is 1. The van der Waals surface area contributed by atoms with E-state index >= 15 is 0 Å². The number of pyridine rings is 1. The van der Waals surface area contributed by atoms with Crippen LogP contribution >= 0.6 is 11.3 Å². The number of rotatable bonds is 4. The molecule has 0 saturated carbocycles. The summed E-state index contributed by atoms with van der Waals surface area (Å²) >= 11 is 1.39. The van der Waals surface area contributed by atoms with E-state index in [1.165, 1.54) is 17.4 Å². The van der Waals surface area contributed by atoms with E-state index in [-0.39, 0.29) is 11.3 Å². The number of hydrogen-bond acceptors (Lipinski definition) is 4. The molecule has 0 fully saturated rings. The standard InChI is InChI=1S/C14H14N2O2S/c1-16(2)8-7-11-10(5-6-13(17)15-11)14(18)12-4-3-9-19-12/h3-9H,1-2H3,(H,15,17). The zero-order valence-corrected chi connectivity index (χ0v) is 11.5. The van der Waals surface area contributed by atoms with E-state index in [9.17, 15) is 9.59 Å². The van der Waals surface area contributed by atoms with E-state index in [0.717, 1.165) is 0 Å². The van der Waals surface area contributed by atoms with Crippen LogP contribution in [-0.4, -0.2) is 29.8 Å². The summed E-state index contributed by atoms with van der Waals surface area (Å²) < 4.78 is 0. The van der Waals surface area contributed by atoms with Crippen LogP contribution in [0.5, 0.6) is 0 Å². The Labute approximate surface area is 115 Å². The predicted octanol–water partition coefficient (Wildman–Crippen LogP) is 2.20. The first-order valence-corrected chi connectivity index (χ1v) is 6.62. The Morgan fingerprint density at radius 3 is 2.74 bits per heavy atom. The summed E-state index contributed by atoms with van der Waals surface area (Å²) in [6.07, 6.45) is 3.51. The van der Waals surface area contributed by atoms with Crippen LogP contribution in [0.1, 0.15) is 20.9 Å². The Morgan fingerprint density at radius 2 is 2.11 bits per heavy atom. The zero-order valence-electron chi connectivity index (χ0n) is 10.7. The second-order valence-electron chi connectivity index (χ2n) is 4.24. The van der Waals surface area contributed by atoms with Gasteiger partial charge in [-0.3, -0.25) is 9.59 Å². The molecule has 98 valence electrons. The molecule has 0 saturated heterocycles. The van der Waals surface area contributed by atoms with Crippen LogP contribution in [0.2, 0.25) is 0 Å². The number of carbonyl (C=O) groups is 1. The van der Waals surface area contributed by atoms with Gasteiger partial charge in [0.15, 0.2) is 0 Å². The van der Waals surface area contributed by atoms with Crippen molar-refractivity contribution >= 4 is 23.2 Å². The molecule has 19 heavy (non-hydrogen) atoms. The molecule has 5 heteroatoms. The molecule has 0 radical (unpaired) electrons. The Balaban J connectivity index is 2.45. The minimum Gasteiger partial charge on any atom is -0.383 e. The van der Waals surface area contributed by atoms with Gasteiger partial charge < -0.3 is 9.88 Å². The van der Waals surface area contributed by atoms with Gasteiger partial charge in [0.2, 0.25) is 11.3 Å². The van der Waals surface area contributed by atoms with Gasteiger partial charge >= 0.3 is 0 Å². The van der Waals surface area contributed by atoms with Crippen molar-refractivity contribution in [1.82, 2.24) is 9.88 Å². The first-order valence-electron chi connectivity index (χ1n) is 5.74. The molecule has 0 bridgehead atoms. The fraction of sp³-hybridized carbons (Fsp3) is 0.143. The maximum Gasteiger partial charge on any atom is 0.248 e. The molecule has 0 atom stereocenters. The molecular formula is C14H14N2O2S. The summed E-state index contributed by atoms with van der Waals surface area (Å²) in [4.78, 5) is 28.9. The lowest BCUT2D eigenvalue weighted by molar-refractivity contribution is 0.104. The molecule has 1 N–H and O–H groups in total. The minimum atomic E-state index is -0.221. The summed E-state index contributed by atoms with van der Waals surface area (Å²) in [7, 11) is 3.75. The largest absolute Gasteiger partial charge is 0.383 e. The number of aromatic amines is 1. The van der Waals surface area contributed by atoms with E-state index in [4.69, 9.17) is 0 Å². The van der Waals surface area contributed by atoms with Crippen molar-refractivity contribution in [3.8, 4) is 0 Å². The van der Waals surface area contributed by atoms with E-state index in [2.05, 4.69) is 4.98 Å². The van der Waals surface area contributed by atoms with E-state index < -0.39 is 0 Å². The molecule has 0 spiro atoms. The molecule has 0 aliphatic heterocycles. The van der Waals surface area contributed by atoms with Crippen molar-refractivity contribution in [2.24, 2.45) is 0 Å². The monoisotopic (exact) mass is 274 g/mol. The predicted molar refractivity (Wildman–Crippen MR) is 77.5 cm³/mol. The lowest BCUT2D eigenvalue weighted by Gasteiger charge is -2.06. The van der Waals surface area contributed by atoms with Crippen molar-refractivity contribution in [2.45, 2.75) is 0 Å². The number of aromatic nitrogens is 1. The molecule has 4 nitrogen and oxygen atoms in total. The van der Waals surface area contributed by atoms with Gasteiger partial charge in [0.05, 0.1) is 10.6 Å². The van der Waals surface area contributed by atoms with Gasteiger partial charge in [-0.25, -0.2) is 0 Å². The molecule has 0 aromatic carbocycles. The van der Waals surface area contributed by atoms with Gasteiger partial charge in [-0.2, -0.15) is 0 Å².